The van der Waals surface area contributed by atoms with E-state index in [1.807, 2.05) is 0 Å². The number of nitrogens with one attached hydrogen (secondary N) is 3. The van der Waals surface area contributed by atoms with Crippen molar-refractivity contribution < 1.29 is 35.9 Å². The quantitative estimate of drug-likeness (QED) is 0.463. The van der Waals surface area contributed by atoms with Gasteiger partial charge in [-0.1, -0.05) is 24.6 Å². The molecule has 0 heterocycles. The third-order valence-electron chi connectivity index (χ3n) is 5.34. The van der Waals surface area contributed by atoms with Gasteiger partial charge in [0.1, 0.15) is 0 Å². The number of anilines is 2. The lowest BCUT2D eigenvalue weighted by atomic mass is 9.85. The fourth-order valence-corrected chi connectivity index (χ4v) is 3.72. The summed E-state index contributed by atoms with van der Waals surface area (Å²) in [4.78, 5) is 24.4. The minimum atomic E-state index is -4.86. The Labute approximate surface area is 185 Å². The van der Waals surface area contributed by atoms with E-state index in [0.29, 0.717) is 12.5 Å². The van der Waals surface area contributed by atoms with Crippen molar-refractivity contribution in [3.63, 3.8) is 0 Å². The molecule has 0 aromatic heterocycles. The first-order valence-corrected chi connectivity index (χ1v) is 10.2. The van der Waals surface area contributed by atoms with E-state index in [4.69, 9.17) is 0 Å². The van der Waals surface area contributed by atoms with Gasteiger partial charge in [0, 0.05) is 17.3 Å². The summed E-state index contributed by atoms with van der Waals surface area (Å²) < 4.78 is 79.5. The molecule has 2 aromatic rings. The number of hydrogen-bond acceptors (Lipinski definition) is 2. The summed E-state index contributed by atoms with van der Waals surface area (Å²) in [6.45, 7) is 0. The Morgan fingerprint density at radius 1 is 0.879 bits per heavy atom. The fraction of sp³-hybridized carbons (Fsp3) is 0.364. The Morgan fingerprint density at radius 3 is 2.21 bits per heavy atom. The van der Waals surface area contributed by atoms with Gasteiger partial charge in [-0.2, -0.15) is 26.3 Å². The highest BCUT2D eigenvalue weighted by molar-refractivity contribution is 6.04. The van der Waals surface area contributed by atoms with Crippen LogP contribution in [0.3, 0.4) is 0 Å². The highest BCUT2D eigenvalue weighted by Gasteiger charge is 2.42. The summed E-state index contributed by atoms with van der Waals surface area (Å²) in [7, 11) is 0. The molecule has 1 aliphatic rings. The monoisotopic (exact) mass is 473 g/mol. The molecule has 0 bridgehead atoms. The molecule has 3 rings (SSSR count). The highest BCUT2D eigenvalue weighted by atomic mass is 19.4. The van der Waals surface area contributed by atoms with Crippen LogP contribution in [-0.2, 0) is 6.18 Å². The zero-order valence-electron chi connectivity index (χ0n) is 17.2. The Balaban J connectivity index is 1.70. The van der Waals surface area contributed by atoms with Crippen molar-refractivity contribution in [1.29, 1.82) is 0 Å². The summed E-state index contributed by atoms with van der Waals surface area (Å²) in [6, 6.07) is 8.88. The van der Waals surface area contributed by atoms with Crippen molar-refractivity contribution >= 4 is 23.3 Å². The van der Waals surface area contributed by atoms with E-state index in [1.165, 1.54) is 18.2 Å². The largest absolute Gasteiger partial charge is 0.418 e. The van der Waals surface area contributed by atoms with Crippen molar-refractivity contribution in [3.8, 4) is 0 Å². The summed E-state index contributed by atoms with van der Waals surface area (Å²) >= 11 is 0. The molecular formula is C22H21F6N3O2. The molecule has 1 aliphatic carbocycles. The minimum Gasteiger partial charge on any atom is -0.335 e. The van der Waals surface area contributed by atoms with E-state index in [2.05, 4.69) is 16.0 Å². The molecule has 2 aromatic carbocycles. The number of rotatable bonds is 4. The van der Waals surface area contributed by atoms with Gasteiger partial charge in [0.15, 0.2) is 0 Å². The molecule has 0 saturated heterocycles. The van der Waals surface area contributed by atoms with E-state index in [-0.39, 0.29) is 30.5 Å². The van der Waals surface area contributed by atoms with Gasteiger partial charge >= 0.3 is 18.4 Å². The van der Waals surface area contributed by atoms with Gasteiger partial charge in [0.05, 0.1) is 17.2 Å². The zero-order chi connectivity index (χ0) is 24.2. The molecule has 2 unspecified atom stereocenters. The lowest BCUT2D eigenvalue weighted by molar-refractivity contribution is -0.183. The third-order valence-corrected chi connectivity index (χ3v) is 5.34. The molecule has 178 valence electrons. The second kappa shape index (κ2) is 9.72. The maximum Gasteiger partial charge on any atom is 0.418 e. The first-order valence-electron chi connectivity index (χ1n) is 10.2. The van der Waals surface area contributed by atoms with Crippen LogP contribution in [0, 0.1) is 5.92 Å². The maximum atomic E-state index is 13.6. The van der Waals surface area contributed by atoms with Crippen LogP contribution >= 0.6 is 0 Å². The van der Waals surface area contributed by atoms with Crippen LogP contribution in [-0.4, -0.2) is 24.2 Å². The van der Waals surface area contributed by atoms with E-state index >= 15 is 0 Å². The molecule has 0 aliphatic heterocycles. The van der Waals surface area contributed by atoms with Crippen molar-refractivity contribution in [2.24, 2.45) is 5.92 Å². The molecule has 3 amide bonds. The van der Waals surface area contributed by atoms with Gasteiger partial charge in [0.25, 0.3) is 5.91 Å². The number of hydrogen-bond donors (Lipinski definition) is 3. The first-order chi connectivity index (χ1) is 15.4. The van der Waals surface area contributed by atoms with E-state index in [9.17, 15) is 35.9 Å². The number of carbonyl (C=O) groups is 2. The van der Waals surface area contributed by atoms with Crippen LogP contribution in [0.5, 0.6) is 0 Å². The topological polar surface area (TPSA) is 70.2 Å². The highest BCUT2D eigenvalue weighted by Crippen LogP contribution is 2.38. The zero-order valence-corrected chi connectivity index (χ0v) is 17.2. The normalized spacial score (nSPS) is 19.0. The number of carbonyl (C=O) groups excluding carboxylic acids is 2. The second-order valence-corrected chi connectivity index (χ2v) is 7.78. The average Bonchev–Trinajstić information content (AvgIpc) is 2.74. The molecule has 2 atom stereocenters. The Kier molecular flexibility index (Phi) is 7.19. The van der Waals surface area contributed by atoms with Crippen LogP contribution in [0.4, 0.5) is 42.5 Å². The van der Waals surface area contributed by atoms with Crippen LogP contribution < -0.4 is 16.0 Å². The Morgan fingerprint density at radius 2 is 1.58 bits per heavy atom. The molecule has 1 fully saturated rings. The lowest BCUT2D eigenvalue weighted by Crippen LogP contribution is -2.43. The summed E-state index contributed by atoms with van der Waals surface area (Å²) in [5.74, 6) is -2.17. The Bertz CT molecular complexity index is 992. The van der Waals surface area contributed by atoms with Crippen molar-refractivity contribution in [3.05, 3.63) is 59.7 Å². The minimum absolute atomic E-state index is 0.0440. The van der Waals surface area contributed by atoms with E-state index in [1.54, 1.807) is 18.2 Å². The summed E-state index contributed by atoms with van der Waals surface area (Å²) in [5, 5.41) is 6.76. The standard InChI is InChI=1S/C22H21F6N3O2/c23-21(24,25)14-7-4-8-15(11-14)30-20(33)31-18-10-9-16(12-17(18)22(26,27)28)29-19(32)13-5-2-1-3-6-13/h1-3,5-6,9-10,12,14-15H,4,7-8,11H2,(H,29,32)(H2,30,31,33). The SMILES string of the molecule is O=C(Nc1ccc(NC(=O)c2ccccc2)cc1C(F)(F)F)NC1CCCC(C(F)(F)F)C1. The number of halogens is 6. The van der Waals surface area contributed by atoms with Gasteiger partial charge in [-0.15, -0.1) is 0 Å². The lowest BCUT2D eigenvalue weighted by Gasteiger charge is -2.31. The molecule has 33 heavy (non-hydrogen) atoms. The fourth-order valence-electron chi connectivity index (χ4n) is 3.72. The number of alkyl halides is 6. The maximum absolute atomic E-state index is 13.6. The summed E-state index contributed by atoms with van der Waals surface area (Å²) in [5.41, 5.74) is -1.68. The van der Waals surface area contributed by atoms with Crippen molar-refractivity contribution in [1.82, 2.24) is 5.32 Å². The van der Waals surface area contributed by atoms with Crippen LogP contribution in [0.1, 0.15) is 41.6 Å². The van der Waals surface area contributed by atoms with Gasteiger partial charge < -0.3 is 16.0 Å². The molecule has 0 radical (unpaired) electrons. The second-order valence-electron chi connectivity index (χ2n) is 7.78. The molecule has 1 saturated carbocycles. The van der Waals surface area contributed by atoms with E-state index in [0.717, 1.165) is 6.07 Å². The molecule has 5 nitrogen and oxygen atoms in total. The predicted octanol–water partition coefficient (Wildman–Crippen LogP) is 6.20. The number of amides is 3. The third kappa shape index (κ3) is 6.62. The summed E-state index contributed by atoms with van der Waals surface area (Å²) in [6.07, 6.45) is -9.07. The first kappa shape index (κ1) is 24.4. The van der Waals surface area contributed by atoms with Gasteiger partial charge in [-0.25, -0.2) is 4.79 Å². The van der Waals surface area contributed by atoms with Crippen molar-refractivity contribution in [2.45, 2.75) is 44.1 Å². The van der Waals surface area contributed by atoms with Gasteiger partial charge in [-0.3, -0.25) is 4.79 Å². The smallest absolute Gasteiger partial charge is 0.335 e. The molecule has 11 heteroatoms. The van der Waals surface area contributed by atoms with Crippen LogP contribution in [0.15, 0.2) is 48.5 Å². The van der Waals surface area contributed by atoms with Crippen LogP contribution in [0.25, 0.3) is 0 Å². The number of benzene rings is 2. The predicted molar refractivity (Wildman–Crippen MR) is 110 cm³/mol. The Hall–Kier alpha value is -3.24. The molecule has 0 spiro atoms. The van der Waals surface area contributed by atoms with Crippen LogP contribution in [0.2, 0.25) is 0 Å². The average molecular weight is 473 g/mol. The van der Waals surface area contributed by atoms with Gasteiger partial charge in [0.2, 0.25) is 0 Å². The molecule has 3 N–H and O–H groups in total. The van der Waals surface area contributed by atoms with Gasteiger partial charge in [-0.05, 0) is 49.6 Å². The molecular weight excluding hydrogens is 452 g/mol. The number of urea groups is 1. The van der Waals surface area contributed by atoms with E-state index < -0.39 is 47.5 Å². The van der Waals surface area contributed by atoms with Crippen molar-refractivity contribution in [2.75, 3.05) is 10.6 Å².